The first-order valence-corrected chi connectivity index (χ1v) is 10.3. The molecule has 3 rings (SSSR count). The molecule has 2 heterocycles. The van der Waals surface area contributed by atoms with E-state index in [0.29, 0.717) is 13.1 Å². The predicted octanol–water partition coefficient (Wildman–Crippen LogP) is 4.51. The van der Waals surface area contributed by atoms with Gasteiger partial charge in [-0.25, -0.2) is 4.79 Å². The molecule has 1 aromatic rings. The number of allylic oxidation sites excluding steroid dienone is 2. The largest absolute Gasteiger partial charge is 0.444 e. The van der Waals surface area contributed by atoms with Crippen molar-refractivity contribution in [3.05, 3.63) is 41.1 Å². The lowest BCUT2D eigenvalue weighted by Gasteiger charge is -2.36. The van der Waals surface area contributed by atoms with E-state index in [4.69, 9.17) is 9.73 Å². The number of piperazine rings is 1. The first kappa shape index (κ1) is 20.6. The molecule has 1 fully saturated rings. The number of aryl methyl sites for hydroxylation is 1. The van der Waals surface area contributed by atoms with Crippen LogP contribution in [0.4, 0.5) is 4.79 Å². The van der Waals surface area contributed by atoms with Gasteiger partial charge < -0.3 is 9.64 Å². The van der Waals surface area contributed by atoms with Gasteiger partial charge in [-0.3, -0.25) is 9.89 Å². The Morgan fingerprint density at radius 2 is 1.75 bits per heavy atom. The van der Waals surface area contributed by atoms with Gasteiger partial charge in [0.15, 0.2) is 0 Å². The summed E-state index contributed by atoms with van der Waals surface area (Å²) in [7, 11) is 0. The molecule has 0 atom stereocenters. The van der Waals surface area contributed by atoms with Gasteiger partial charge in [0.2, 0.25) is 0 Å². The number of carbonyl (C=O) groups excluding carboxylic acids is 1. The number of carbonyl (C=O) groups is 1. The summed E-state index contributed by atoms with van der Waals surface area (Å²) in [6, 6.07) is 8.55. The van der Waals surface area contributed by atoms with Gasteiger partial charge in [-0.1, -0.05) is 24.3 Å². The highest BCUT2D eigenvalue weighted by Gasteiger charge is 2.26. The number of benzene rings is 1. The number of nitrogens with zero attached hydrogens (tertiary/aromatic N) is 3. The van der Waals surface area contributed by atoms with Gasteiger partial charge in [-0.05, 0) is 64.2 Å². The Hall–Kier alpha value is -2.14. The molecule has 28 heavy (non-hydrogen) atoms. The highest BCUT2D eigenvalue weighted by Crippen LogP contribution is 2.30. The third-order valence-electron chi connectivity index (χ3n) is 5.33. The Balaban J connectivity index is 1.57. The minimum Gasteiger partial charge on any atom is -0.444 e. The van der Waals surface area contributed by atoms with Crippen LogP contribution in [0.2, 0.25) is 0 Å². The van der Waals surface area contributed by atoms with Crippen molar-refractivity contribution >= 4 is 17.4 Å². The smallest absolute Gasteiger partial charge is 0.410 e. The molecule has 2 aliphatic heterocycles. The third-order valence-corrected chi connectivity index (χ3v) is 5.33. The van der Waals surface area contributed by atoms with Crippen LogP contribution in [-0.2, 0) is 4.74 Å². The quantitative estimate of drug-likeness (QED) is 0.771. The monoisotopic (exact) mass is 383 g/mol. The molecule has 0 aliphatic carbocycles. The van der Waals surface area contributed by atoms with Gasteiger partial charge in [-0.2, -0.15) is 0 Å². The molecule has 1 aromatic carbocycles. The molecule has 0 saturated carbocycles. The molecule has 0 spiro atoms. The average Bonchev–Trinajstić information content (AvgIpc) is 2.62. The lowest BCUT2D eigenvalue weighted by molar-refractivity contribution is 0.0157. The fourth-order valence-electron chi connectivity index (χ4n) is 3.84. The van der Waals surface area contributed by atoms with E-state index < -0.39 is 5.60 Å². The number of hydrogen-bond donors (Lipinski definition) is 0. The molecular weight excluding hydrogens is 350 g/mol. The molecular formula is C23H33N3O2. The summed E-state index contributed by atoms with van der Waals surface area (Å²) in [6.45, 7) is 14.1. The maximum Gasteiger partial charge on any atom is 0.410 e. The number of aliphatic imine (C=N–C) groups is 1. The average molecular weight is 384 g/mol. The lowest BCUT2D eigenvalue weighted by Crippen LogP contribution is -2.51. The van der Waals surface area contributed by atoms with Gasteiger partial charge in [0.1, 0.15) is 5.60 Å². The predicted molar refractivity (Wildman–Crippen MR) is 115 cm³/mol. The second-order valence-corrected chi connectivity index (χ2v) is 8.80. The second-order valence-electron chi connectivity index (χ2n) is 8.80. The Morgan fingerprint density at radius 1 is 1.07 bits per heavy atom. The highest BCUT2D eigenvalue weighted by molar-refractivity contribution is 5.92. The molecule has 5 heteroatoms. The van der Waals surface area contributed by atoms with Crippen LogP contribution in [0.3, 0.4) is 0 Å². The molecule has 5 nitrogen and oxygen atoms in total. The van der Waals surface area contributed by atoms with E-state index in [-0.39, 0.29) is 6.09 Å². The minimum absolute atomic E-state index is 0.205. The molecule has 0 radical (unpaired) electrons. The number of rotatable bonds is 3. The number of ether oxygens (including phenoxy) is 1. The highest BCUT2D eigenvalue weighted by atomic mass is 16.6. The molecule has 152 valence electrons. The van der Waals surface area contributed by atoms with Crippen molar-refractivity contribution in [1.29, 1.82) is 0 Å². The fraction of sp³-hybridized carbons (Fsp3) is 0.565. The molecule has 0 N–H and O–H groups in total. The van der Waals surface area contributed by atoms with E-state index >= 15 is 0 Å². The Morgan fingerprint density at radius 3 is 2.36 bits per heavy atom. The zero-order chi connectivity index (χ0) is 20.3. The van der Waals surface area contributed by atoms with Crippen LogP contribution in [-0.4, -0.2) is 59.9 Å². The zero-order valence-electron chi connectivity index (χ0n) is 17.9. The van der Waals surface area contributed by atoms with Crippen LogP contribution in [0.1, 0.15) is 51.7 Å². The van der Waals surface area contributed by atoms with Crippen molar-refractivity contribution in [2.24, 2.45) is 4.99 Å². The summed E-state index contributed by atoms with van der Waals surface area (Å²) in [4.78, 5) is 21.3. The van der Waals surface area contributed by atoms with Gasteiger partial charge >= 0.3 is 6.09 Å². The van der Waals surface area contributed by atoms with E-state index in [0.717, 1.165) is 38.2 Å². The van der Waals surface area contributed by atoms with Crippen LogP contribution in [0, 0.1) is 6.92 Å². The maximum absolute atomic E-state index is 12.2. The summed E-state index contributed by atoms with van der Waals surface area (Å²) in [5.74, 6) is 0. The topological polar surface area (TPSA) is 45.1 Å². The standard InChI is InChI=1S/C23H33N3O2/c1-17-8-6-7-9-20(17)21-11-10-19(24-18(21)2)16-25-12-14-26(15-13-25)22(27)28-23(3,4)5/h6-9H,10-16H2,1-5H3. The molecule has 2 aliphatic rings. The van der Waals surface area contributed by atoms with Gasteiger partial charge in [0.05, 0.1) is 0 Å². The van der Waals surface area contributed by atoms with Crippen molar-refractivity contribution in [3.8, 4) is 0 Å². The SMILES string of the molecule is CC1=C(c2ccccc2C)CCC(CN2CCN(C(=O)OC(C)(C)C)CC2)=N1. The van der Waals surface area contributed by atoms with Gasteiger partial charge in [-0.15, -0.1) is 0 Å². The van der Waals surface area contributed by atoms with Crippen LogP contribution < -0.4 is 0 Å². The lowest BCUT2D eigenvalue weighted by atomic mass is 9.92. The van der Waals surface area contributed by atoms with Crippen molar-refractivity contribution in [1.82, 2.24) is 9.80 Å². The Bertz CT molecular complexity index is 781. The summed E-state index contributed by atoms with van der Waals surface area (Å²) >= 11 is 0. The third kappa shape index (κ3) is 5.22. The zero-order valence-corrected chi connectivity index (χ0v) is 17.9. The fourth-order valence-corrected chi connectivity index (χ4v) is 3.84. The van der Waals surface area contributed by atoms with Crippen molar-refractivity contribution < 1.29 is 9.53 Å². The second kappa shape index (κ2) is 8.48. The normalized spacial score (nSPS) is 18.9. The van der Waals surface area contributed by atoms with Crippen molar-refractivity contribution in [2.75, 3.05) is 32.7 Å². The van der Waals surface area contributed by atoms with Crippen LogP contribution in [0.15, 0.2) is 35.0 Å². The van der Waals surface area contributed by atoms with Gasteiger partial charge in [0, 0.05) is 44.1 Å². The molecule has 1 saturated heterocycles. The van der Waals surface area contributed by atoms with Crippen LogP contribution in [0.5, 0.6) is 0 Å². The number of hydrogen-bond acceptors (Lipinski definition) is 4. The van der Waals surface area contributed by atoms with E-state index in [1.54, 1.807) is 0 Å². The Kier molecular flexibility index (Phi) is 6.23. The first-order chi connectivity index (χ1) is 13.2. The summed E-state index contributed by atoms with van der Waals surface area (Å²) < 4.78 is 5.48. The minimum atomic E-state index is -0.441. The van der Waals surface area contributed by atoms with E-state index in [9.17, 15) is 4.79 Å². The van der Waals surface area contributed by atoms with Crippen LogP contribution in [0.25, 0.3) is 5.57 Å². The summed E-state index contributed by atoms with van der Waals surface area (Å²) in [5, 5.41) is 0. The van der Waals surface area contributed by atoms with Crippen LogP contribution >= 0.6 is 0 Å². The number of amides is 1. The van der Waals surface area contributed by atoms with E-state index in [1.165, 1.54) is 22.4 Å². The molecule has 0 aromatic heterocycles. The summed E-state index contributed by atoms with van der Waals surface area (Å²) in [5.41, 5.74) is 5.96. The molecule has 0 unspecified atom stereocenters. The molecule has 0 bridgehead atoms. The summed E-state index contributed by atoms with van der Waals surface area (Å²) in [6.07, 6.45) is 1.85. The van der Waals surface area contributed by atoms with Crippen molar-refractivity contribution in [3.63, 3.8) is 0 Å². The Labute approximate surface area is 169 Å². The van der Waals surface area contributed by atoms with E-state index in [1.807, 2.05) is 25.7 Å². The van der Waals surface area contributed by atoms with Crippen molar-refractivity contribution in [2.45, 2.75) is 53.1 Å². The van der Waals surface area contributed by atoms with Gasteiger partial charge in [0.25, 0.3) is 0 Å². The maximum atomic E-state index is 12.2. The van der Waals surface area contributed by atoms with E-state index in [2.05, 4.69) is 43.0 Å². The molecule has 1 amide bonds. The first-order valence-electron chi connectivity index (χ1n) is 10.3.